The Hall–Kier alpha value is -0.880. The Morgan fingerprint density at radius 3 is 2.38 bits per heavy atom. The summed E-state index contributed by atoms with van der Waals surface area (Å²) in [4.78, 5) is 0. The Kier molecular flexibility index (Phi) is 3.75. The summed E-state index contributed by atoms with van der Waals surface area (Å²) in [5.41, 5.74) is 2.37. The quantitative estimate of drug-likeness (QED) is 0.844. The van der Waals surface area contributed by atoms with E-state index in [0.29, 0.717) is 6.54 Å². The highest BCUT2D eigenvalue weighted by Gasteiger charge is 2.16. The number of hydrogen-bond donors (Lipinski definition) is 1. The largest absolute Gasteiger partial charge is 0.389 e. The molecule has 0 aliphatic carbocycles. The number of aryl methyl sites for hydroxylation is 2. The van der Waals surface area contributed by atoms with Crippen molar-refractivity contribution in [3.63, 3.8) is 0 Å². The predicted molar refractivity (Wildman–Crippen MR) is 62.0 cm³/mol. The van der Waals surface area contributed by atoms with Crippen molar-refractivity contribution in [2.75, 3.05) is 12.0 Å². The molecule has 0 aliphatic heterocycles. The van der Waals surface area contributed by atoms with Crippen LogP contribution in [0.3, 0.4) is 0 Å². The minimum atomic E-state index is -2.99. The fourth-order valence-electron chi connectivity index (χ4n) is 1.79. The lowest BCUT2D eigenvalue weighted by Gasteiger charge is -2.06. The van der Waals surface area contributed by atoms with Crippen LogP contribution in [0.5, 0.6) is 0 Å². The maximum absolute atomic E-state index is 11.1. The van der Waals surface area contributed by atoms with Crippen molar-refractivity contribution in [2.45, 2.75) is 33.4 Å². The Morgan fingerprint density at radius 1 is 1.44 bits per heavy atom. The first-order valence-electron chi connectivity index (χ1n) is 5.12. The summed E-state index contributed by atoms with van der Waals surface area (Å²) in [6, 6.07) is 0. The van der Waals surface area contributed by atoms with Gasteiger partial charge in [0.1, 0.15) is 9.84 Å². The first-order valence-corrected chi connectivity index (χ1v) is 7.18. The highest BCUT2D eigenvalue weighted by Crippen LogP contribution is 2.20. The van der Waals surface area contributed by atoms with Gasteiger partial charge in [-0.25, -0.2) is 8.42 Å². The van der Waals surface area contributed by atoms with Gasteiger partial charge >= 0.3 is 0 Å². The Labute approximate surface area is 96.0 Å². The molecule has 1 atom stereocenters. The van der Waals surface area contributed by atoms with Crippen LogP contribution >= 0.6 is 0 Å². The van der Waals surface area contributed by atoms with Crippen LogP contribution in [0.15, 0.2) is 0 Å². The summed E-state index contributed by atoms with van der Waals surface area (Å²) in [7, 11) is -2.99. The summed E-state index contributed by atoms with van der Waals surface area (Å²) in [5, 5.41) is 13.8. The number of hydrogen-bond acceptors (Lipinski definition) is 4. The van der Waals surface area contributed by atoms with Crippen molar-refractivity contribution in [1.82, 2.24) is 9.78 Å². The van der Waals surface area contributed by atoms with E-state index in [2.05, 4.69) is 5.10 Å². The number of aliphatic hydroxyl groups is 1. The van der Waals surface area contributed by atoms with Crippen LogP contribution in [0.2, 0.25) is 0 Å². The fraction of sp³-hybridized carbons (Fsp3) is 0.700. The van der Waals surface area contributed by atoms with Gasteiger partial charge in [0.2, 0.25) is 0 Å². The molecule has 1 aromatic rings. The molecule has 1 rings (SSSR count). The molecule has 0 fully saturated rings. The monoisotopic (exact) mass is 246 g/mol. The molecular weight excluding hydrogens is 228 g/mol. The predicted octanol–water partition coefficient (Wildman–Crippen LogP) is 0.598. The van der Waals surface area contributed by atoms with Crippen LogP contribution in [0.25, 0.3) is 0 Å². The Balaban J connectivity index is 2.95. The molecule has 0 bridgehead atoms. The topological polar surface area (TPSA) is 72.2 Å². The molecule has 1 heterocycles. The molecule has 0 amide bonds. The van der Waals surface area contributed by atoms with Gasteiger partial charge in [-0.2, -0.15) is 5.10 Å². The van der Waals surface area contributed by atoms with Gasteiger partial charge in [0.15, 0.2) is 0 Å². The third-order valence-electron chi connectivity index (χ3n) is 2.53. The lowest BCUT2D eigenvalue weighted by atomic mass is 10.1. The van der Waals surface area contributed by atoms with Crippen molar-refractivity contribution in [2.24, 2.45) is 0 Å². The van der Waals surface area contributed by atoms with E-state index >= 15 is 0 Å². The smallest absolute Gasteiger partial charge is 0.149 e. The molecule has 5 nitrogen and oxygen atoms in total. The zero-order chi connectivity index (χ0) is 12.5. The van der Waals surface area contributed by atoms with Crippen LogP contribution in [0.4, 0.5) is 0 Å². The molecule has 0 aromatic carbocycles. The first-order chi connectivity index (χ1) is 7.22. The first kappa shape index (κ1) is 13.2. The van der Waals surface area contributed by atoms with Crippen LogP contribution in [0, 0.1) is 13.8 Å². The van der Waals surface area contributed by atoms with Crippen LogP contribution < -0.4 is 0 Å². The van der Waals surface area contributed by atoms with Gasteiger partial charge in [-0.3, -0.25) is 4.68 Å². The number of sulfone groups is 1. The van der Waals surface area contributed by atoms with Gasteiger partial charge in [-0.05, 0) is 20.8 Å². The molecule has 6 heteroatoms. The Morgan fingerprint density at radius 2 is 2.00 bits per heavy atom. The summed E-state index contributed by atoms with van der Waals surface area (Å²) >= 11 is 0. The van der Waals surface area contributed by atoms with Crippen molar-refractivity contribution in [3.05, 3.63) is 17.0 Å². The molecule has 0 aliphatic rings. The number of nitrogens with zero attached hydrogens (tertiary/aromatic N) is 2. The zero-order valence-corrected chi connectivity index (χ0v) is 10.9. The van der Waals surface area contributed by atoms with E-state index < -0.39 is 15.9 Å². The maximum Gasteiger partial charge on any atom is 0.149 e. The van der Waals surface area contributed by atoms with Crippen molar-refractivity contribution in [3.8, 4) is 0 Å². The van der Waals surface area contributed by atoms with Gasteiger partial charge in [-0.1, -0.05) is 0 Å². The van der Waals surface area contributed by atoms with Crippen LogP contribution in [0.1, 0.15) is 30.0 Å². The van der Waals surface area contributed by atoms with E-state index in [0.717, 1.165) is 17.0 Å². The second-order valence-corrected chi connectivity index (χ2v) is 6.37. The lowest BCUT2D eigenvalue weighted by Crippen LogP contribution is -2.13. The fourth-order valence-corrected chi connectivity index (χ4v) is 2.29. The van der Waals surface area contributed by atoms with Crippen molar-refractivity contribution in [1.29, 1.82) is 0 Å². The van der Waals surface area contributed by atoms with Gasteiger partial charge in [0.05, 0.1) is 24.1 Å². The molecule has 1 unspecified atom stereocenters. The van der Waals surface area contributed by atoms with Crippen LogP contribution in [-0.2, 0) is 16.4 Å². The van der Waals surface area contributed by atoms with E-state index in [1.165, 1.54) is 6.26 Å². The molecule has 0 saturated heterocycles. The van der Waals surface area contributed by atoms with Crippen molar-refractivity contribution < 1.29 is 13.5 Å². The minimum absolute atomic E-state index is 0.0637. The number of aliphatic hydroxyl groups excluding tert-OH is 1. The summed E-state index contributed by atoms with van der Waals surface area (Å²) < 4.78 is 23.7. The Bertz CT molecular complexity index is 474. The third-order valence-corrected chi connectivity index (χ3v) is 3.45. The molecule has 0 radical (unpaired) electrons. The van der Waals surface area contributed by atoms with E-state index in [1.54, 1.807) is 11.6 Å². The standard InChI is InChI=1S/C10H18N2O3S/c1-7-10(9(3)13)8(2)12(11-7)5-6-16(4,14)15/h9,13H,5-6H2,1-4H3. The number of rotatable bonds is 4. The van der Waals surface area contributed by atoms with E-state index in [1.807, 2.05) is 13.8 Å². The molecule has 92 valence electrons. The SMILES string of the molecule is Cc1nn(CCS(C)(=O)=O)c(C)c1C(C)O. The van der Waals surface area contributed by atoms with E-state index in [-0.39, 0.29) is 5.75 Å². The highest BCUT2D eigenvalue weighted by molar-refractivity contribution is 7.90. The third kappa shape index (κ3) is 3.05. The summed E-state index contributed by atoms with van der Waals surface area (Å²) in [6.45, 7) is 5.66. The van der Waals surface area contributed by atoms with Gasteiger partial charge < -0.3 is 5.11 Å². The van der Waals surface area contributed by atoms with Gasteiger partial charge in [0.25, 0.3) is 0 Å². The lowest BCUT2D eigenvalue weighted by molar-refractivity contribution is 0.197. The molecule has 1 N–H and O–H groups in total. The molecule has 1 aromatic heterocycles. The molecule has 0 spiro atoms. The summed E-state index contributed by atoms with van der Waals surface area (Å²) in [6.07, 6.45) is 0.626. The second-order valence-electron chi connectivity index (χ2n) is 4.11. The highest BCUT2D eigenvalue weighted by atomic mass is 32.2. The average Bonchev–Trinajstić information content (AvgIpc) is 2.36. The minimum Gasteiger partial charge on any atom is -0.389 e. The van der Waals surface area contributed by atoms with Crippen molar-refractivity contribution >= 4 is 9.84 Å². The normalized spacial score (nSPS) is 14.1. The average molecular weight is 246 g/mol. The second kappa shape index (κ2) is 4.55. The van der Waals surface area contributed by atoms with E-state index in [9.17, 15) is 13.5 Å². The van der Waals surface area contributed by atoms with E-state index in [4.69, 9.17) is 0 Å². The maximum atomic E-state index is 11.1. The van der Waals surface area contributed by atoms with Gasteiger partial charge in [0, 0.05) is 17.5 Å². The molecule has 0 saturated carbocycles. The van der Waals surface area contributed by atoms with Gasteiger partial charge in [-0.15, -0.1) is 0 Å². The summed E-state index contributed by atoms with van der Waals surface area (Å²) in [5.74, 6) is 0.0637. The molecular formula is C10H18N2O3S. The van der Waals surface area contributed by atoms with Crippen LogP contribution in [-0.4, -0.2) is 35.3 Å². The zero-order valence-electron chi connectivity index (χ0n) is 10.1. The number of aromatic nitrogens is 2. The molecule has 16 heavy (non-hydrogen) atoms.